The molecule has 4 heteroatoms. The Morgan fingerprint density at radius 2 is 2.29 bits per heavy atom. The molecule has 0 aliphatic heterocycles. The Bertz CT molecular complexity index is 460. The van der Waals surface area contributed by atoms with Gasteiger partial charge in [0.05, 0.1) is 6.61 Å². The first-order chi connectivity index (χ1) is 8.13. The zero-order chi connectivity index (χ0) is 12.7. The summed E-state index contributed by atoms with van der Waals surface area (Å²) >= 11 is 0. The van der Waals surface area contributed by atoms with Crippen LogP contribution in [0.2, 0.25) is 0 Å². The van der Waals surface area contributed by atoms with Crippen LogP contribution in [-0.4, -0.2) is 17.6 Å². The molecule has 0 fully saturated rings. The summed E-state index contributed by atoms with van der Waals surface area (Å²) < 4.78 is 13.4. The second kappa shape index (κ2) is 6.66. The molecular weight excluding hydrogens is 221 g/mol. The Kier molecular flexibility index (Phi) is 5.18. The van der Waals surface area contributed by atoms with Crippen LogP contribution in [0.15, 0.2) is 18.2 Å². The van der Waals surface area contributed by atoms with Gasteiger partial charge in [0.15, 0.2) is 0 Å². The molecular formula is C13H14FNO2. The van der Waals surface area contributed by atoms with Gasteiger partial charge < -0.3 is 10.4 Å². The summed E-state index contributed by atoms with van der Waals surface area (Å²) in [7, 11) is 0. The van der Waals surface area contributed by atoms with Crippen LogP contribution in [0.3, 0.4) is 0 Å². The smallest absolute Gasteiger partial charge is 0.217 e. The van der Waals surface area contributed by atoms with Gasteiger partial charge in [0.25, 0.3) is 0 Å². The molecule has 1 aromatic rings. The standard InChI is InChI=1S/C13H14FNO2/c1-10(17)15-9-12-8-11(4-2-3-7-16)5-6-13(12)14/h5-6,8,16H,3,7,9H2,1H3,(H,15,17). The number of halogens is 1. The van der Waals surface area contributed by atoms with Crippen LogP contribution in [0, 0.1) is 17.7 Å². The highest BCUT2D eigenvalue weighted by atomic mass is 19.1. The van der Waals surface area contributed by atoms with Gasteiger partial charge in [0.1, 0.15) is 5.82 Å². The van der Waals surface area contributed by atoms with Gasteiger partial charge in [-0.25, -0.2) is 4.39 Å². The fraction of sp³-hybridized carbons (Fsp3) is 0.308. The number of rotatable bonds is 3. The largest absolute Gasteiger partial charge is 0.395 e. The quantitative estimate of drug-likeness (QED) is 0.773. The van der Waals surface area contributed by atoms with Gasteiger partial charge in [0, 0.05) is 31.0 Å². The van der Waals surface area contributed by atoms with Crippen molar-refractivity contribution in [2.75, 3.05) is 6.61 Å². The monoisotopic (exact) mass is 235 g/mol. The van der Waals surface area contributed by atoms with Gasteiger partial charge >= 0.3 is 0 Å². The van der Waals surface area contributed by atoms with Crippen LogP contribution >= 0.6 is 0 Å². The zero-order valence-electron chi connectivity index (χ0n) is 9.59. The summed E-state index contributed by atoms with van der Waals surface area (Å²) in [6.45, 7) is 1.53. The molecule has 90 valence electrons. The van der Waals surface area contributed by atoms with Crippen LogP contribution in [-0.2, 0) is 11.3 Å². The maximum atomic E-state index is 13.4. The molecule has 1 aromatic carbocycles. The third kappa shape index (κ3) is 4.66. The maximum Gasteiger partial charge on any atom is 0.217 e. The number of benzene rings is 1. The van der Waals surface area contributed by atoms with Crippen LogP contribution < -0.4 is 5.32 Å². The van der Waals surface area contributed by atoms with Gasteiger partial charge in [-0.3, -0.25) is 4.79 Å². The van der Waals surface area contributed by atoms with E-state index in [9.17, 15) is 9.18 Å². The molecule has 0 unspecified atom stereocenters. The summed E-state index contributed by atoms with van der Waals surface area (Å²) in [5.74, 6) is 4.99. The minimum Gasteiger partial charge on any atom is -0.395 e. The van der Waals surface area contributed by atoms with Crippen LogP contribution in [0.5, 0.6) is 0 Å². The van der Waals surface area contributed by atoms with E-state index in [2.05, 4.69) is 17.2 Å². The highest BCUT2D eigenvalue weighted by molar-refractivity contribution is 5.72. The summed E-state index contributed by atoms with van der Waals surface area (Å²) in [5, 5.41) is 11.1. The van der Waals surface area contributed by atoms with E-state index in [0.717, 1.165) is 0 Å². The third-order valence-electron chi connectivity index (χ3n) is 2.04. The number of amides is 1. The van der Waals surface area contributed by atoms with Crippen molar-refractivity contribution in [2.45, 2.75) is 19.9 Å². The van der Waals surface area contributed by atoms with Crippen LogP contribution in [0.1, 0.15) is 24.5 Å². The summed E-state index contributed by atoms with van der Waals surface area (Å²) in [6, 6.07) is 4.48. The second-order valence-corrected chi connectivity index (χ2v) is 3.49. The van der Waals surface area contributed by atoms with Crippen molar-refractivity contribution in [2.24, 2.45) is 0 Å². The Labute approximate surface area is 99.7 Å². The molecule has 0 saturated heterocycles. The number of aliphatic hydroxyl groups excluding tert-OH is 1. The topological polar surface area (TPSA) is 49.3 Å². The number of nitrogens with one attached hydrogen (secondary N) is 1. The fourth-order valence-electron chi connectivity index (χ4n) is 1.23. The molecule has 0 heterocycles. The fourth-order valence-corrected chi connectivity index (χ4v) is 1.23. The van der Waals surface area contributed by atoms with Gasteiger partial charge in [0.2, 0.25) is 5.91 Å². The lowest BCUT2D eigenvalue weighted by Gasteiger charge is -2.04. The van der Waals surface area contributed by atoms with E-state index in [0.29, 0.717) is 17.5 Å². The van der Waals surface area contributed by atoms with E-state index in [1.165, 1.54) is 13.0 Å². The highest BCUT2D eigenvalue weighted by Crippen LogP contribution is 2.09. The van der Waals surface area contributed by atoms with Gasteiger partial charge in [-0.05, 0) is 18.2 Å². The van der Waals surface area contributed by atoms with E-state index in [-0.39, 0.29) is 24.9 Å². The number of hydrogen-bond donors (Lipinski definition) is 2. The molecule has 0 saturated carbocycles. The number of carbonyl (C=O) groups is 1. The maximum absolute atomic E-state index is 13.4. The predicted molar refractivity (Wildman–Crippen MR) is 62.5 cm³/mol. The Morgan fingerprint density at radius 3 is 2.94 bits per heavy atom. The lowest BCUT2D eigenvalue weighted by Crippen LogP contribution is -2.19. The summed E-state index contributed by atoms with van der Waals surface area (Å²) in [4.78, 5) is 10.7. The van der Waals surface area contributed by atoms with Crippen molar-refractivity contribution >= 4 is 5.91 Å². The average molecular weight is 235 g/mol. The van der Waals surface area contributed by atoms with E-state index in [1.807, 2.05) is 0 Å². The molecule has 0 aliphatic carbocycles. The number of carbonyl (C=O) groups excluding carboxylic acids is 1. The predicted octanol–water partition coefficient (Wildman–Crippen LogP) is 1.20. The van der Waals surface area contributed by atoms with Crippen molar-refractivity contribution in [1.29, 1.82) is 0 Å². The molecule has 0 atom stereocenters. The molecule has 0 aromatic heterocycles. The van der Waals surface area contributed by atoms with E-state index in [4.69, 9.17) is 5.11 Å². The molecule has 1 rings (SSSR count). The highest BCUT2D eigenvalue weighted by Gasteiger charge is 2.03. The molecule has 0 spiro atoms. The Balaban J connectivity index is 2.80. The summed E-state index contributed by atoms with van der Waals surface area (Å²) in [5.41, 5.74) is 1.07. The number of hydrogen-bond acceptors (Lipinski definition) is 2. The number of aliphatic hydroxyl groups is 1. The molecule has 0 bridgehead atoms. The van der Waals surface area contributed by atoms with Crippen molar-refractivity contribution in [3.05, 3.63) is 35.1 Å². The first-order valence-corrected chi connectivity index (χ1v) is 5.26. The van der Waals surface area contributed by atoms with Gasteiger partial charge in [-0.2, -0.15) is 0 Å². The lowest BCUT2D eigenvalue weighted by atomic mass is 10.1. The molecule has 17 heavy (non-hydrogen) atoms. The van der Waals surface area contributed by atoms with Crippen molar-refractivity contribution < 1.29 is 14.3 Å². The zero-order valence-corrected chi connectivity index (χ0v) is 9.59. The molecule has 0 aliphatic rings. The van der Waals surface area contributed by atoms with Crippen molar-refractivity contribution in [3.8, 4) is 11.8 Å². The normalized spacial score (nSPS) is 9.35. The third-order valence-corrected chi connectivity index (χ3v) is 2.04. The van der Waals surface area contributed by atoms with Crippen molar-refractivity contribution in [1.82, 2.24) is 5.32 Å². The van der Waals surface area contributed by atoms with E-state index in [1.54, 1.807) is 12.1 Å². The van der Waals surface area contributed by atoms with Crippen LogP contribution in [0.25, 0.3) is 0 Å². The first kappa shape index (κ1) is 13.2. The van der Waals surface area contributed by atoms with Gasteiger partial charge in [-0.1, -0.05) is 11.8 Å². The molecule has 1 amide bonds. The average Bonchev–Trinajstić information content (AvgIpc) is 2.29. The minimum atomic E-state index is -0.369. The van der Waals surface area contributed by atoms with Crippen molar-refractivity contribution in [3.63, 3.8) is 0 Å². The Morgan fingerprint density at radius 1 is 1.53 bits per heavy atom. The molecule has 3 nitrogen and oxygen atoms in total. The summed E-state index contributed by atoms with van der Waals surface area (Å²) in [6.07, 6.45) is 0.387. The SMILES string of the molecule is CC(=O)NCc1cc(C#CCCO)ccc1F. The van der Waals surface area contributed by atoms with Crippen LogP contribution in [0.4, 0.5) is 4.39 Å². The van der Waals surface area contributed by atoms with Gasteiger partial charge in [-0.15, -0.1) is 0 Å². The molecule has 0 radical (unpaired) electrons. The van der Waals surface area contributed by atoms with E-state index >= 15 is 0 Å². The second-order valence-electron chi connectivity index (χ2n) is 3.49. The minimum absolute atomic E-state index is 0.00689. The lowest BCUT2D eigenvalue weighted by molar-refractivity contribution is -0.119. The first-order valence-electron chi connectivity index (χ1n) is 5.26. The molecule has 2 N–H and O–H groups in total. The Hall–Kier alpha value is -1.86. The van der Waals surface area contributed by atoms with E-state index < -0.39 is 0 Å².